The van der Waals surface area contributed by atoms with E-state index in [0.29, 0.717) is 0 Å². The van der Waals surface area contributed by atoms with Gasteiger partial charge in [0, 0.05) is 5.66 Å². The Morgan fingerprint density at radius 2 is 0.308 bits per heavy atom. The summed E-state index contributed by atoms with van der Waals surface area (Å²) >= 11 is 0. The molecule has 1 unspecified atom stereocenters. The highest BCUT2D eigenvalue weighted by Gasteiger charge is 2.63. The van der Waals surface area contributed by atoms with E-state index in [0.717, 1.165) is 109 Å². The van der Waals surface area contributed by atoms with Crippen molar-refractivity contribution in [1.82, 2.24) is 0 Å². The Bertz CT molecular complexity index is 3640. The summed E-state index contributed by atoms with van der Waals surface area (Å²) in [6.45, 7) is 42.8. The van der Waals surface area contributed by atoms with Gasteiger partial charge < -0.3 is 0 Å². The Labute approximate surface area is 746 Å². The van der Waals surface area contributed by atoms with Crippen LogP contribution in [-0.4, -0.2) is 10.3 Å². The summed E-state index contributed by atoms with van der Waals surface area (Å²) in [4.78, 5) is 0. The zero-order valence-electron chi connectivity index (χ0n) is 80.4. The molecule has 0 aliphatic rings. The van der Waals surface area contributed by atoms with Crippen molar-refractivity contribution in [2.75, 3.05) is 0 Å². The molecule has 0 saturated carbocycles. The van der Waals surface area contributed by atoms with Gasteiger partial charge >= 0.3 is 0 Å². The third-order valence-electron chi connectivity index (χ3n) is 26.7. The minimum Gasteiger partial charge on any atom is -0.0654 e. The molecule has 658 valence electrons. The Balaban J connectivity index is 2.07. The molecule has 4 heteroatoms. The predicted octanol–water partition coefficient (Wildman–Crippen LogP) is 32.4. The van der Waals surface area contributed by atoms with Crippen LogP contribution in [0, 0.1) is 0 Å². The Morgan fingerprint density at radius 3 is 0.450 bits per heavy atom. The minimum absolute atomic E-state index is 0.171. The molecule has 0 bridgehead atoms. The van der Waals surface area contributed by atoms with Crippen molar-refractivity contribution < 1.29 is 0 Å². The zero-order valence-corrected chi connectivity index (χ0v) is 83.9. The largest absolute Gasteiger partial charge is 0.0654 e. The summed E-state index contributed by atoms with van der Waals surface area (Å²) < 4.78 is -0.499. The molecule has 0 N–H and O–H groups in total. The van der Waals surface area contributed by atoms with Crippen LogP contribution in [0.5, 0.6) is 0 Å². The topological polar surface area (TPSA) is 0 Å². The maximum absolute atomic E-state index is 2.95. The molecule has 0 spiro atoms. The Hall–Kier alpha value is -4.52. The van der Waals surface area contributed by atoms with Crippen LogP contribution in [0.2, 0.25) is 0 Å². The highest BCUT2D eigenvalue weighted by Crippen LogP contribution is 2.84. The summed E-state index contributed by atoms with van der Waals surface area (Å²) in [6, 6.07) is 66.6. The fourth-order valence-corrected chi connectivity index (χ4v) is 40.4. The van der Waals surface area contributed by atoms with E-state index in [-0.39, 0.29) is 5.66 Å². The Kier molecular flexibility index (Phi) is 47.5. The minimum atomic E-state index is -1.45. The molecule has 0 radical (unpaired) electrons. The van der Waals surface area contributed by atoms with Crippen LogP contribution in [0.4, 0.5) is 0 Å². The molecule has 1 atom stereocenters. The third kappa shape index (κ3) is 26.3. The predicted molar refractivity (Wildman–Crippen MR) is 551 cm³/mol. The molecule has 8 aromatic carbocycles. The molecule has 0 fully saturated rings. The van der Waals surface area contributed by atoms with Crippen LogP contribution in [-0.2, 0) is 103 Å². The van der Waals surface area contributed by atoms with Gasteiger partial charge in [-0.05, 0) is 375 Å². The summed E-state index contributed by atoms with van der Waals surface area (Å²) in [7, 11) is -5.61. The lowest BCUT2D eigenvalue weighted by Crippen LogP contribution is -2.53. The van der Waals surface area contributed by atoms with Gasteiger partial charge in [-0.2, -0.15) is 0 Å². The molecule has 0 nitrogen and oxygen atoms in total. The first kappa shape index (κ1) is 101. The molecule has 8 rings (SSSR count). The molecule has 0 aromatic heterocycles. The first-order valence-corrected chi connectivity index (χ1v) is 56.5. The van der Waals surface area contributed by atoms with Crippen molar-refractivity contribution in [3.63, 3.8) is 0 Å². The maximum atomic E-state index is 2.95. The average Bonchev–Trinajstić information content (AvgIpc) is 0.681. The van der Waals surface area contributed by atoms with Crippen molar-refractivity contribution in [3.05, 3.63) is 235 Å². The average molecular weight is 1690 g/mol. The number of benzene rings is 8. The second-order valence-corrected chi connectivity index (χ2v) is 46.4. The van der Waals surface area contributed by atoms with E-state index in [2.05, 4.69) is 263 Å². The van der Waals surface area contributed by atoms with Crippen LogP contribution >= 0.6 is 31.7 Å². The fraction of sp³-hybridized carbons (Fsp3) is 0.586. The van der Waals surface area contributed by atoms with Crippen molar-refractivity contribution in [2.45, 2.75) is 443 Å². The molecule has 8 aromatic rings. The van der Waals surface area contributed by atoms with Gasteiger partial charge in [0.05, 0.1) is 4.64 Å². The van der Waals surface area contributed by atoms with E-state index in [4.69, 9.17) is 0 Å². The molecule has 0 aliphatic carbocycles. The van der Waals surface area contributed by atoms with E-state index in [9.17, 15) is 0 Å². The first-order valence-electron chi connectivity index (χ1n) is 51.0. The van der Waals surface area contributed by atoms with E-state index >= 15 is 0 Å². The van der Waals surface area contributed by atoms with Gasteiger partial charge in [0.1, 0.15) is 0 Å². The van der Waals surface area contributed by atoms with E-state index in [1.54, 1.807) is 131 Å². The van der Waals surface area contributed by atoms with Gasteiger partial charge in [0.25, 0.3) is 0 Å². The van der Waals surface area contributed by atoms with E-state index < -0.39 is 36.3 Å². The molecule has 0 amide bonds. The van der Waals surface area contributed by atoms with Crippen molar-refractivity contribution in [2.24, 2.45) is 0 Å². The van der Waals surface area contributed by atoms with Crippen LogP contribution in [0.25, 0.3) is 0 Å². The summed E-state index contributed by atoms with van der Waals surface area (Å²) in [6.07, 6.45) is 57.4. The first-order chi connectivity index (χ1) is 59.0. The van der Waals surface area contributed by atoms with Gasteiger partial charge in [-0.3, -0.25) is 0 Å². The van der Waals surface area contributed by atoms with Gasteiger partial charge in [0.15, 0.2) is 0 Å². The lowest BCUT2D eigenvalue weighted by Gasteiger charge is -2.60. The van der Waals surface area contributed by atoms with Crippen molar-refractivity contribution in [3.8, 4) is 0 Å². The van der Waals surface area contributed by atoms with Gasteiger partial charge in [-0.1, -0.05) is 366 Å². The SMILES string of the molecule is CCCCc1cccc(P(c2cccc(CCCC)c2CCCC)C(CC)C(P(c2cccc(CCCC)c2CCCC)c2cccc(CCCC)c2CCCC)(P(c2cccc(CCCC)c2CCCC)c2cccc(CCCC)c2CCCC)P(c2cccc(CCCC)c2CCCC)c2cccc(CCCC)c2CCCC)c1CCCC. The lowest BCUT2D eigenvalue weighted by atomic mass is 9.97. The number of hydrogen-bond donors (Lipinski definition) is 0. The highest BCUT2D eigenvalue weighted by atomic mass is 31.2. The molecular weight excluding hydrogens is 1520 g/mol. The quantitative estimate of drug-likeness (QED) is 0.0333. The van der Waals surface area contributed by atoms with Crippen LogP contribution in [0.15, 0.2) is 146 Å². The molecule has 120 heavy (non-hydrogen) atoms. The molecule has 0 aliphatic heterocycles. The van der Waals surface area contributed by atoms with E-state index in [1.165, 1.54) is 205 Å². The third-order valence-corrected chi connectivity index (χ3v) is 42.5. The van der Waals surface area contributed by atoms with Crippen molar-refractivity contribution >= 4 is 74.1 Å². The highest BCUT2D eigenvalue weighted by molar-refractivity contribution is 8.06. The van der Waals surface area contributed by atoms with E-state index in [1.807, 2.05) is 0 Å². The summed E-state index contributed by atoms with van der Waals surface area (Å²) in [5, 5.41) is 14.2. The van der Waals surface area contributed by atoms with Crippen LogP contribution in [0.1, 0.15) is 419 Å². The maximum Gasteiger partial charge on any atom is 0.0619 e. The van der Waals surface area contributed by atoms with Gasteiger partial charge in [-0.25, -0.2) is 0 Å². The molecule has 0 saturated heterocycles. The zero-order chi connectivity index (χ0) is 85.9. The number of hydrogen-bond acceptors (Lipinski definition) is 0. The van der Waals surface area contributed by atoms with Gasteiger partial charge in [0.2, 0.25) is 0 Å². The summed E-state index contributed by atoms with van der Waals surface area (Å²) in [5.41, 5.74) is 27.4. The molecule has 0 heterocycles. The number of unbranched alkanes of at least 4 members (excludes halogenated alkanes) is 16. The van der Waals surface area contributed by atoms with Crippen LogP contribution in [0.3, 0.4) is 0 Å². The molecular formula is C116H174P4. The van der Waals surface area contributed by atoms with Gasteiger partial charge in [-0.15, -0.1) is 0 Å². The standard InChI is InChI=1S/C116H174P4/c1-18-35-59-91-67-51-83-107(99(91)75-43-26-9)117(108-84-52-68-92(60-36-19-2)100(108)76-44-27-10)115(34-17)116(118(109-85-53-69-93(61-37-20-3)101(109)77-45-28-11)110-86-54-70-94(62-38-21-4)102(110)78-46-29-12,119(111-87-55-71-95(63-39-22-5)103(111)79-47-30-13)112-88-56-72-96(64-40-23-6)104(112)80-48-31-14)120(113-89-57-73-97(65-41-24-7)105(113)81-49-32-15)114-90-58-74-98(66-42-25-8)106(114)82-50-33-16/h51-58,67-74,83-90,115H,18-50,59-66,75-82H2,1-17H3. The van der Waals surface area contributed by atoms with Crippen molar-refractivity contribution in [1.29, 1.82) is 0 Å². The van der Waals surface area contributed by atoms with Crippen LogP contribution < -0.4 is 42.4 Å². The number of aryl methyl sites for hydroxylation is 8. The normalized spacial score (nSPS) is 12.3. The monoisotopic (exact) mass is 1690 g/mol. The second kappa shape index (κ2) is 56.5. The lowest BCUT2D eigenvalue weighted by molar-refractivity contribution is 0.757. The smallest absolute Gasteiger partial charge is 0.0619 e. The second-order valence-electron chi connectivity index (χ2n) is 36.0. The number of rotatable bonds is 62. The fourth-order valence-electron chi connectivity index (χ4n) is 19.9. The Morgan fingerprint density at radius 1 is 0.175 bits per heavy atom. The summed E-state index contributed by atoms with van der Waals surface area (Å²) in [5.74, 6) is 0.